The summed E-state index contributed by atoms with van der Waals surface area (Å²) in [6.07, 6.45) is 1.84. The van der Waals surface area contributed by atoms with Gasteiger partial charge in [-0.1, -0.05) is 23.4 Å². The number of methoxy groups -OCH3 is 1. The summed E-state index contributed by atoms with van der Waals surface area (Å²) in [5, 5.41) is 9.98. The molecule has 1 fully saturated rings. The molecule has 1 saturated heterocycles. The summed E-state index contributed by atoms with van der Waals surface area (Å²) in [5.74, 6) is 0.914. The fraction of sp³-hybridized carbons (Fsp3) is 0.346. The molecule has 2 aliphatic rings. The highest BCUT2D eigenvalue weighted by molar-refractivity contribution is 5.98. The van der Waals surface area contributed by atoms with Gasteiger partial charge < -0.3 is 19.4 Å². The molecule has 2 aromatic heterocycles. The largest absolute Gasteiger partial charge is 0.497 e. The lowest BCUT2D eigenvalue weighted by Gasteiger charge is -2.34. The van der Waals surface area contributed by atoms with E-state index in [1.165, 1.54) is 0 Å². The van der Waals surface area contributed by atoms with Crippen molar-refractivity contribution < 1.29 is 14.3 Å². The van der Waals surface area contributed by atoms with Gasteiger partial charge in [-0.2, -0.15) is 0 Å². The van der Waals surface area contributed by atoms with Crippen LogP contribution in [0.2, 0.25) is 0 Å². The van der Waals surface area contributed by atoms with Gasteiger partial charge in [0.15, 0.2) is 0 Å². The zero-order valence-corrected chi connectivity index (χ0v) is 19.7. The zero-order valence-electron chi connectivity index (χ0n) is 19.7. The molecular formula is C26H28N6O3. The maximum absolute atomic E-state index is 13.0. The first-order valence-electron chi connectivity index (χ1n) is 11.9. The van der Waals surface area contributed by atoms with Gasteiger partial charge in [-0.05, 0) is 41.3 Å². The summed E-state index contributed by atoms with van der Waals surface area (Å²) in [7, 11) is 1.66. The fourth-order valence-corrected chi connectivity index (χ4v) is 4.89. The monoisotopic (exact) mass is 472 g/mol. The van der Waals surface area contributed by atoms with E-state index < -0.39 is 0 Å². The molecule has 9 nitrogen and oxygen atoms in total. The maximum atomic E-state index is 13.0. The summed E-state index contributed by atoms with van der Waals surface area (Å²) < 4.78 is 13.4. The van der Waals surface area contributed by atoms with Crippen LogP contribution >= 0.6 is 0 Å². The number of aromatic nitrogens is 4. The van der Waals surface area contributed by atoms with Gasteiger partial charge in [0.05, 0.1) is 26.0 Å². The Hall–Kier alpha value is -3.69. The third kappa shape index (κ3) is 4.28. The predicted octanol–water partition coefficient (Wildman–Crippen LogP) is 3.00. The molecule has 0 aliphatic carbocycles. The minimum atomic E-state index is -0.0530. The van der Waals surface area contributed by atoms with Gasteiger partial charge in [-0.3, -0.25) is 9.69 Å². The number of nitrogens with zero attached hydrogens (tertiary/aromatic N) is 5. The van der Waals surface area contributed by atoms with Crippen LogP contribution in [0.25, 0.3) is 10.9 Å². The number of hydrogen-bond donors (Lipinski definition) is 1. The summed E-state index contributed by atoms with van der Waals surface area (Å²) >= 11 is 0. The van der Waals surface area contributed by atoms with E-state index in [2.05, 4.69) is 20.2 Å². The van der Waals surface area contributed by atoms with Crippen molar-refractivity contribution in [3.05, 3.63) is 77.2 Å². The molecule has 4 aromatic rings. The number of rotatable bonds is 5. The van der Waals surface area contributed by atoms with E-state index in [9.17, 15) is 4.79 Å². The molecule has 1 amide bonds. The number of amides is 1. The molecule has 35 heavy (non-hydrogen) atoms. The number of benzene rings is 2. The molecule has 6 rings (SSSR count). The summed E-state index contributed by atoms with van der Waals surface area (Å²) in [6, 6.07) is 15.8. The van der Waals surface area contributed by atoms with Crippen molar-refractivity contribution >= 4 is 16.8 Å². The van der Waals surface area contributed by atoms with Gasteiger partial charge in [-0.25, -0.2) is 4.68 Å². The third-order valence-electron chi connectivity index (χ3n) is 7.00. The molecule has 4 heterocycles. The molecule has 1 atom stereocenters. The lowest BCUT2D eigenvalue weighted by atomic mass is 10.1. The lowest BCUT2D eigenvalue weighted by Crippen LogP contribution is -2.48. The van der Waals surface area contributed by atoms with Crippen LogP contribution in [0.3, 0.4) is 0 Å². The molecule has 0 spiro atoms. The van der Waals surface area contributed by atoms with Crippen LogP contribution in [0.1, 0.15) is 33.4 Å². The SMILES string of the molecule is COc1ccc([C@@H]2Cn3nnc(CN4CCN(C(=O)c5ccc6cc[nH]c6c5)CC4)c3CO2)cc1. The standard InChI is InChI=1S/C26H28N6O3/c1-34-21-6-4-19(5-7-21)25-16-32-24(17-35-25)23(28-29-32)15-30-10-12-31(13-11-30)26(33)20-3-2-18-8-9-27-22(18)14-20/h2-9,14,25,27H,10-13,15-17H2,1H3/t25-/m0/s1. The smallest absolute Gasteiger partial charge is 0.254 e. The number of fused-ring (bicyclic) bond motifs is 2. The van der Waals surface area contributed by atoms with Crippen molar-refractivity contribution in [2.75, 3.05) is 33.3 Å². The molecule has 1 N–H and O–H groups in total. The van der Waals surface area contributed by atoms with Crippen molar-refractivity contribution in [2.24, 2.45) is 0 Å². The Morgan fingerprint density at radius 1 is 1.11 bits per heavy atom. The van der Waals surface area contributed by atoms with Crippen molar-refractivity contribution in [2.45, 2.75) is 25.8 Å². The molecule has 2 aliphatic heterocycles. The summed E-state index contributed by atoms with van der Waals surface area (Å²) in [6.45, 7) is 4.83. The third-order valence-corrected chi connectivity index (χ3v) is 7.00. The first-order chi connectivity index (χ1) is 17.2. The predicted molar refractivity (Wildman–Crippen MR) is 130 cm³/mol. The van der Waals surface area contributed by atoms with Crippen LogP contribution < -0.4 is 4.74 Å². The van der Waals surface area contributed by atoms with Gasteiger partial charge in [0.25, 0.3) is 5.91 Å². The van der Waals surface area contributed by atoms with Gasteiger partial charge in [-0.15, -0.1) is 5.10 Å². The van der Waals surface area contributed by atoms with E-state index in [-0.39, 0.29) is 12.0 Å². The highest BCUT2D eigenvalue weighted by atomic mass is 16.5. The van der Waals surface area contributed by atoms with Crippen molar-refractivity contribution in [1.29, 1.82) is 0 Å². The highest BCUT2D eigenvalue weighted by Crippen LogP contribution is 2.28. The molecule has 9 heteroatoms. The van der Waals surface area contributed by atoms with E-state index >= 15 is 0 Å². The molecule has 0 radical (unpaired) electrons. The lowest BCUT2D eigenvalue weighted by molar-refractivity contribution is -0.00223. The average Bonchev–Trinajstić information content (AvgIpc) is 3.55. The van der Waals surface area contributed by atoms with E-state index in [1.54, 1.807) is 7.11 Å². The molecule has 0 unspecified atom stereocenters. The number of aromatic amines is 1. The minimum Gasteiger partial charge on any atom is -0.497 e. The topological polar surface area (TPSA) is 88.5 Å². The minimum absolute atomic E-state index is 0.0530. The van der Waals surface area contributed by atoms with Crippen LogP contribution in [0, 0.1) is 0 Å². The van der Waals surface area contributed by atoms with Crippen LogP contribution in [0.15, 0.2) is 54.7 Å². The number of carbonyl (C=O) groups is 1. The first-order valence-corrected chi connectivity index (χ1v) is 11.9. The number of piperazine rings is 1. The zero-order chi connectivity index (χ0) is 23.8. The van der Waals surface area contributed by atoms with Crippen LogP contribution in [0.4, 0.5) is 0 Å². The first kappa shape index (κ1) is 21.8. The Kier molecular flexibility index (Phi) is 5.71. The second-order valence-electron chi connectivity index (χ2n) is 9.09. The second kappa shape index (κ2) is 9.16. The van der Waals surface area contributed by atoms with Crippen molar-refractivity contribution in [3.63, 3.8) is 0 Å². The number of H-pyrrole nitrogens is 1. The Morgan fingerprint density at radius 3 is 2.74 bits per heavy atom. The van der Waals surface area contributed by atoms with E-state index in [1.807, 2.05) is 64.3 Å². The number of nitrogens with one attached hydrogen (secondary N) is 1. The van der Waals surface area contributed by atoms with Crippen LogP contribution in [0.5, 0.6) is 5.75 Å². The van der Waals surface area contributed by atoms with Crippen LogP contribution in [-0.4, -0.2) is 69.0 Å². The number of ether oxygens (including phenoxy) is 2. The van der Waals surface area contributed by atoms with E-state index in [4.69, 9.17) is 9.47 Å². The Labute approximate surface area is 203 Å². The summed E-state index contributed by atoms with van der Waals surface area (Å²) in [4.78, 5) is 20.5. The summed E-state index contributed by atoms with van der Waals surface area (Å²) in [5.41, 5.74) is 4.81. The van der Waals surface area contributed by atoms with E-state index in [0.29, 0.717) is 32.8 Å². The Balaban J connectivity index is 1.06. The normalized spacial score (nSPS) is 18.5. The van der Waals surface area contributed by atoms with Gasteiger partial charge >= 0.3 is 0 Å². The van der Waals surface area contributed by atoms with E-state index in [0.717, 1.165) is 52.3 Å². The highest BCUT2D eigenvalue weighted by Gasteiger charge is 2.28. The molecule has 180 valence electrons. The number of hydrogen-bond acceptors (Lipinski definition) is 6. The van der Waals surface area contributed by atoms with Crippen molar-refractivity contribution in [3.8, 4) is 5.75 Å². The fourth-order valence-electron chi connectivity index (χ4n) is 4.89. The molecule has 0 saturated carbocycles. The van der Waals surface area contributed by atoms with Gasteiger partial charge in [0.1, 0.15) is 17.5 Å². The maximum Gasteiger partial charge on any atom is 0.254 e. The van der Waals surface area contributed by atoms with Crippen LogP contribution in [-0.2, 0) is 24.4 Å². The molecule has 0 bridgehead atoms. The average molecular weight is 473 g/mol. The Morgan fingerprint density at radius 2 is 1.94 bits per heavy atom. The molecular weight excluding hydrogens is 444 g/mol. The van der Waals surface area contributed by atoms with Gasteiger partial charge in [0, 0.05) is 50.0 Å². The molecule has 2 aromatic carbocycles. The second-order valence-corrected chi connectivity index (χ2v) is 9.09. The quantitative estimate of drug-likeness (QED) is 0.481. The van der Waals surface area contributed by atoms with Crippen molar-refractivity contribution in [1.82, 2.24) is 29.8 Å². The number of carbonyl (C=O) groups excluding carboxylic acids is 1. The van der Waals surface area contributed by atoms with Gasteiger partial charge in [0.2, 0.25) is 0 Å². The Bertz CT molecular complexity index is 1340.